The third-order valence-corrected chi connectivity index (χ3v) is 4.81. The van der Waals surface area contributed by atoms with Crippen LogP contribution in [0.1, 0.15) is 40.5 Å². The molecule has 58 valence electrons. The Morgan fingerprint density at radius 3 is 1.90 bits per heavy atom. The molecule has 0 bridgehead atoms. The van der Waals surface area contributed by atoms with E-state index in [1.807, 2.05) is 0 Å². The number of fused-ring (bicyclic) bond motifs is 1. The molecule has 0 nitrogen and oxygen atoms in total. The molecule has 10 heavy (non-hydrogen) atoms. The van der Waals surface area contributed by atoms with Crippen molar-refractivity contribution in [3.05, 3.63) is 0 Å². The van der Waals surface area contributed by atoms with Gasteiger partial charge >= 0.3 is 0 Å². The molecule has 0 heteroatoms. The highest BCUT2D eigenvalue weighted by Gasteiger charge is 2.71. The van der Waals surface area contributed by atoms with Crippen LogP contribution >= 0.6 is 0 Å². The molecule has 0 radical (unpaired) electrons. The molecule has 2 fully saturated rings. The van der Waals surface area contributed by atoms with Gasteiger partial charge in [-0.15, -0.1) is 0 Å². The number of rotatable bonds is 0. The molecule has 2 saturated carbocycles. The van der Waals surface area contributed by atoms with E-state index in [-0.39, 0.29) is 0 Å². The van der Waals surface area contributed by atoms with Crippen LogP contribution in [0.3, 0.4) is 0 Å². The monoisotopic (exact) mass is 138 g/mol. The van der Waals surface area contributed by atoms with E-state index in [9.17, 15) is 0 Å². The van der Waals surface area contributed by atoms with Crippen LogP contribution in [0.5, 0.6) is 0 Å². The van der Waals surface area contributed by atoms with Gasteiger partial charge in [0.1, 0.15) is 0 Å². The van der Waals surface area contributed by atoms with Crippen LogP contribution in [-0.4, -0.2) is 0 Å². The third-order valence-electron chi connectivity index (χ3n) is 4.81. The van der Waals surface area contributed by atoms with Crippen LogP contribution in [0.25, 0.3) is 0 Å². The Balaban J connectivity index is 2.29. The topological polar surface area (TPSA) is 0 Å². The van der Waals surface area contributed by atoms with Crippen molar-refractivity contribution in [3.8, 4) is 0 Å². The van der Waals surface area contributed by atoms with Crippen molar-refractivity contribution in [1.29, 1.82) is 0 Å². The molecule has 2 aliphatic carbocycles. The molecule has 0 aromatic heterocycles. The summed E-state index contributed by atoms with van der Waals surface area (Å²) >= 11 is 0. The smallest absolute Gasteiger partial charge is 0.0212 e. The van der Waals surface area contributed by atoms with E-state index in [4.69, 9.17) is 0 Å². The summed E-state index contributed by atoms with van der Waals surface area (Å²) in [4.78, 5) is 0. The maximum Gasteiger partial charge on any atom is -0.0212 e. The minimum absolute atomic E-state index is 0.671. The predicted molar refractivity (Wildman–Crippen MR) is 43.8 cm³/mol. The molecule has 3 atom stereocenters. The molecule has 0 aromatic carbocycles. The van der Waals surface area contributed by atoms with Gasteiger partial charge in [0, 0.05) is 0 Å². The van der Waals surface area contributed by atoms with Crippen molar-refractivity contribution in [2.24, 2.45) is 22.7 Å². The van der Waals surface area contributed by atoms with Gasteiger partial charge in [0.15, 0.2) is 0 Å². The van der Waals surface area contributed by atoms with Crippen molar-refractivity contribution < 1.29 is 0 Å². The first-order valence-electron chi connectivity index (χ1n) is 4.51. The average Bonchev–Trinajstić information content (AvgIpc) is 2.19. The first-order valence-corrected chi connectivity index (χ1v) is 4.51. The average molecular weight is 138 g/mol. The Bertz CT molecular complexity index is 169. The quantitative estimate of drug-likeness (QED) is 0.482. The molecule has 0 saturated heterocycles. The summed E-state index contributed by atoms with van der Waals surface area (Å²) in [6.45, 7) is 9.78. The Labute approximate surface area is 64.0 Å². The van der Waals surface area contributed by atoms with Gasteiger partial charge in [-0.3, -0.25) is 0 Å². The van der Waals surface area contributed by atoms with E-state index in [2.05, 4.69) is 27.7 Å². The fraction of sp³-hybridized carbons (Fsp3) is 1.00. The highest BCUT2D eigenvalue weighted by molar-refractivity contribution is 5.19. The van der Waals surface area contributed by atoms with Crippen LogP contribution in [0, 0.1) is 22.7 Å². The highest BCUT2D eigenvalue weighted by atomic mass is 14.8. The molecule has 0 heterocycles. The van der Waals surface area contributed by atoms with Crippen LogP contribution in [-0.2, 0) is 0 Å². The van der Waals surface area contributed by atoms with Gasteiger partial charge < -0.3 is 0 Å². The third kappa shape index (κ3) is 0.436. The summed E-state index contributed by atoms with van der Waals surface area (Å²) in [6.07, 6.45) is 2.97. The second kappa shape index (κ2) is 1.44. The van der Waals surface area contributed by atoms with E-state index in [0.717, 1.165) is 11.8 Å². The van der Waals surface area contributed by atoms with Crippen molar-refractivity contribution in [1.82, 2.24) is 0 Å². The molecule has 0 spiro atoms. The molecular weight excluding hydrogens is 120 g/mol. The van der Waals surface area contributed by atoms with Crippen molar-refractivity contribution in [2.75, 3.05) is 0 Å². The zero-order valence-electron chi connectivity index (χ0n) is 7.57. The van der Waals surface area contributed by atoms with Crippen LogP contribution in [0.15, 0.2) is 0 Å². The van der Waals surface area contributed by atoms with E-state index in [1.165, 1.54) is 12.8 Å². The molecule has 2 aliphatic rings. The molecule has 0 N–H and O–H groups in total. The fourth-order valence-electron chi connectivity index (χ4n) is 3.49. The lowest BCUT2D eigenvalue weighted by Crippen LogP contribution is -2.12. The summed E-state index contributed by atoms with van der Waals surface area (Å²) < 4.78 is 0. The highest BCUT2D eigenvalue weighted by Crippen LogP contribution is 2.78. The maximum absolute atomic E-state index is 2.48. The minimum atomic E-state index is 0.671. The maximum atomic E-state index is 2.48. The molecule has 0 aromatic rings. The van der Waals surface area contributed by atoms with Gasteiger partial charge in [0.25, 0.3) is 0 Å². The fourth-order valence-corrected chi connectivity index (χ4v) is 3.49. The Morgan fingerprint density at radius 2 is 1.70 bits per heavy atom. The first-order chi connectivity index (χ1) is 4.51. The summed E-state index contributed by atoms with van der Waals surface area (Å²) in [5.74, 6) is 2.03. The molecule has 2 rings (SSSR count). The summed E-state index contributed by atoms with van der Waals surface area (Å²) in [5, 5.41) is 0. The minimum Gasteiger partial charge on any atom is -0.0620 e. The van der Waals surface area contributed by atoms with E-state index in [0.29, 0.717) is 10.8 Å². The van der Waals surface area contributed by atoms with Crippen molar-refractivity contribution in [2.45, 2.75) is 40.5 Å². The molecule has 3 unspecified atom stereocenters. The van der Waals surface area contributed by atoms with Gasteiger partial charge in [0.05, 0.1) is 0 Å². The van der Waals surface area contributed by atoms with Gasteiger partial charge in [-0.1, -0.05) is 27.7 Å². The molecule has 0 amide bonds. The number of hydrogen-bond acceptors (Lipinski definition) is 0. The zero-order chi connectivity index (χ0) is 7.57. The normalized spacial score (nSPS) is 56.4. The van der Waals surface area contributed by atoms with Crippen molar-refractivity contribution >= 4 is 0 Å². The van der Waals surface area contributed by atoms with Gasteiger partial charge in [-0.05, 0) is 35.5 Å². The first kappa shape index (κ1) is 6.69. The second-order valence-electron chi connectivity index (χ2n) is 5.04. The molecular formula is C10H18. The standard InChI is InChI=1S/C10H18/c1-7-5-6-8-9(2,3)10(7,8)4/h7-8H,5-6H2,1-4H3. The van der Waals surface area contributed by atoms with Crippen LogP contribution in [0.2, 0.25) is 0 Å². The molecule has 0 aliphatic heterocycles. The van der Waals surface area contributed by atoms with Gasteiger partial charge in [-0.2, -0.15) is 0 Å². The Morgan fingerprint density at radius 1 is 1.10 bits per heavy atom. The lowest BCUT2D eigenvalue weighted by Gasteiger charge is -2.20. The SMILES string of the molecule is CC1CCC2C(C)(C)C12C. The summed E-state index contributed by atoms with van der Waals surface area (Å²) in [7, 11) is 0. The lowest BCUT2D eigenvalue weighted by atomic mass is 9.85. The number of hydrogen-bond donors (Lipinski definition) is 0. The van der Waals surface area contributed by atoms with E-state index < -0.39 is 0 Å². The summed E-state index contributed by atoms with van der Waals surface area (Å²) in [6, 6.07) is 0. The van der Waals surface area contributed by atoms with Gasteiger partial charge in [0.2, 0.25) is 0 Å². The van der Waals surface area contributed by atoms with E-state index in [1.54, 1.807) is 0 Å². The van der Waals surface area contributed by atoms with E-state index >= 15 is 0 Å². The lowest BCUT2D eigenvalue weighted by molar-refractivity contribution is 0.289. The largest absolute Gasteiger partial charge is 0.0620 e. The van der Waals surface area contributed by atoms with Crippen LogP contribution < -0.4 is 0 Å². The van der Waals surface area contributed by atoms with Gasteiger partial charge in [-0.25, -0.2) is 0 Å². The van der Waals surface area contributed by atoms with Crippen molar-refractivity contribution in [3.63, 3.8) is 0 Å². The zero-order valence-corrected chi connectivity index (χ0v) is 7.57. The summed E-state index contributed by atoms with van der Waals surface area (Å²) in [5.41, 5.74) is 1.39. The second-order valence-corrected chi connectivity index (χ2v) is 5.04. The Hall–Kier alpha value is 0. The van der Waals surface area contributed by atoms with Crippen LogP contribution in [0.4, 0.5) is 0 Å². The predicted octanol–water partition coefficient (Wildman–Crippen LogP) is 3.08. The Kier molecular flexibility index (Phi) is 0.964.